The summed E-state index contributed by atoms with van der Waals surface area (Å²) < 4.78 is 16.1. The fourth-order valence-electron chi connectivity index (χ4n) is 7.08. The SMILES string of the molecule is COc1ccc(N2CCN(Cc3ccc4[nH]ccc4c3)CC2)cc1OC.COc1cccc(N2CCN(Cc3ccc4[nH]ccc4c3)CC2)c1. The first kappa shape index (κ1) is 33.4. The molecule has 4 heterocycles. The van der Waals surface area contributed by atoms with Crippen molar-refractivity contribution in [2.24, 2.45) is 0 Å². The number of piperazine rings is 2. The third-order valence-electron chi connectivity index (χ3n) is 9.94. The van der Waals surface area contributed by atoms with E-state index in [2.05, 4.69) is 108 Å². The normalized spacial score (nSPS) is 15.6. The fraction of sp³-hybridized carbons (Fsp3) is 0.317. The average Bonchev–Trinajstić information content (AvgIpc) is 3.85. The van der Waals surface area contributed by atoms with Crippen LogP contribution in [-0.4, -0.2) is 93.5 Å². The quantitative estimate of drug-likeness (QED) is 0.171. The predicted molar refractivity (Wildman–Crippen MR) is 204 cm³/mol. The van der Waals surface area contributed by atoms with Gasteiger partial charge in [-0.15, -0.1) is 0 Å². The molecular weight excluding hydrogens is 624 g/mol. The lowest BCUT2D eigenvalue weighted by atomic mass is 10.1. The molecular formula is C41H48N6O3. The van der Waals surface area contributed by atoms with Gasteiger partial charge in [0.2, 0.25) is 0 Å². The second-order valence-electron chi connectivity index (χ2n) is 13.1. The van der Waals surface area contributed by atoms with Gasteiger partial charge < -0.3 is 34.0 Å². The van der Waals surface area contributed by atoms with E-state index in [4.69, 9.17) is 14.2 Å². The maximum atomic E-state index is 5.43. The molecule has 9 nitrogen and oxygen atoms in total. The minimum atomic E-state index is 0.773. The van der Waals surface area contributed by atoms with Crippen LogP contribution in [-0.2, 0) is 13.1 Å². The lowest BCUT2D eigenvalue weighted by Gasteiger charge is -2.36. The monoisotopic (exact) mass is 672 g/mol. The summed E-state index contributed by atoms with van der Waals surface area (Å²) in [6, 6.07) is 32.1. The number of rotatable bonds is 9. The minimum absolute atomic E-state index is 0.773. The molecule has 4 aromatic carbocycles. The van der Waals surface area contributed by atoms with Crippen LogP contribution in [0.15, 0.2) is 103 Å². The van der Waals surface area contributed by atoms with Crippen molar-refractivity contribution in [3.63, 3.8) is 0 Å². The van der Waals surface area contributed by atoms with Gasteiger partial charge in [0.1, 0.15) is 5.75 Å². The predicted octanol–water partition coefficient (Wildman–Crippen LogP) is 7.01. The highest BCUT2D eigenvalue weighted by Gasteiger charge is 2.20. The van der Waals surface area contributed by atoms with Gasteiger partial charge in [0.15, 0.2) is 11.5 Å². The van der Waals surface area contributed by atoms with E-state index in [0.717, 1.165) is 82.7 Å². The van der Waals surface area contributed by atoms with Gasteiger partial charge in [-0.3, -0.25) is 9.80 Å². The Morgan fingerprint density at radius 3 is 1.56 bits per heavy atom. The van der Waals surface area contributed by atoms with Crippen molar-refractivity contribution in [1.29, 1.82) is 0 Å². The molecule has 2 aliphatic heterocycles. The van der Waals surface area contributed by atoms with Gasteiger partial charge in [0.05, 0.1) is 21.3 Å². The van der Waals surface area contributed by atoms with Crippen LogP contribution in [0.5, 0.6) is 17.2 Å². The van der Waals surface area contributed by atoms with E-state index in [-0.39, 0.29) is 0 Å². The number of nitrogens with one attached hydrogen (secondary N) is 2. The molecule has 0 unspecified atom stereocenters. The van der Waals surface area contributed by atoms with Gasteiger partial charge in [-0.25, -0.2) is 0 Å². The van der Waals surface area contributed by atoms with Crippen LogP contribution in [0.3, 0.4) is 0 Å². The number of hydrogen-bond acceptors (Lipinski definition) is 7. The van der Waals surface area contributed by atoms with Gasteiger partial charge in [-0.1, -0.05) is 18.2 Å². The number of aromatic amines is 2. The molecule has 0 saturated carbocycles. The number of fused-ring (bicyclic) bond motifs is 2. The van der Waals surface area contributed by atoms with Crippen LogP contribution >= 0.6 is 0 Å². The van der Waals surface area contributed by atoms with Gasteiger partial charge in [0, 0.05) is 112 Å². The molecule has 2 saturated heterocycles. The van der Waals surface area contributed by atoms with Crippen molar-refractivity contribution in [1.82, 2.24) is 19.8 Å². The zero-order chi connectivity index (χ0) is 34.3. The van der Waals surface area contributed by atoms with Gasteiger partial charge in [-0.2, -0.15) is 0 Å². The topological polar surface area (TPSA) is 72.2 Å². The van der Waals surface area contributed by atoms with Crippen LogP contribution in [0.1, 0.15) is 11.1 Å². The van der Waals surface area contributed by atoms with Gasteiger partial charge >= 0.3 is 0 Å². The van der Waals surface area contributed by atoms with E-state index < -0.39 is 0 Å². The molecule has 2 N–H and O–H groups in total. The van der Waals surface area contributed by atoms with Crippen molar-refractivity contribution in [3.05, 3.63) is 115 Å². The van der Waals surface area contributed by atoms with E-state index in [1.807, 2.05) is 24.5 Å². The molecule has 8 rings (SSSR count). The Morgan fingerprint density at radius 1 is 0.500 bits per heavy atom. The largest absolute Gasteiger partial charge is 0.497 e. The zero-order valence-corrected chi connectivity index (χ0v) is 29.4. The summed E-state index contributed by atoms with van der Waals surface area (Å²) in [6.07, 6.45) is 4.00. The molecule has 260 valence electrons. The fourth-order valence-corrected chi connectivity index (χ4v) is 7.08. The number of methoxy groups -OCH3 is 3. The Kier molecular flexibility index (Phi) is 10.4. The first-order chi connectivity index (χ1) is 24.6. The summed E-state index contributed by atoms with van der Waals surface area (Å²) in [4.78, 5) is 16.4. The van der Waals surface area contributed by atoms with Gasteiger partial charge in [-0.05, 0) is 82.6 Å². The molecule has 0 atom stereocenters. The lowest BCUT2D eigenvalue weighted by Crippen LogP contribution is -2.45. The summed E-state index contributed by atoms with van der Waals surface area (Å²) in [5.41, 5.74) is 7.61. The Bertz CT molecular complexity index is 1990. The standard InChI is InChI=1S/C21H25N3O2.C20H23N3O/c1-25-20-6-4-18(14-21(20)26-2)24-11-9-23(10-12-24)15-16-3-5-19-17(13-16)7-8-22-19;1-24-19-4-2-3-18(14-19)23-11-9-22(10-12-23)15-16-5-6-20-17(13-16)7-8-21-20/h3-8,13-14,22H,9-12,15H2,1-2H3;2-8,13-14,21H,9-12,15H2,1H3. The molecule has 0 radical (unpaired) electrons. The van der Waals surface area contributed by atoms with E-state index in [0.29, 0.717) is 0 Å². The maximum Gasteiger partial charge on any atom is 0.162 e. The summed E-state index contributed by atoms with van der Waals surface area (Å²) >= 11 is 0. The van der Waals surface area contributed by atoms with Crippen molar-refractivity contribution in [2.75, 3.05) is 83.5 Å². The number of aromatic nitrogens is 2. The van der Waals surface area contributed by atoms with Crippen LogP contribution in [0.2, 0.25) is 0 Å². The summed E-state index contributed by atoms with van der Waals surface area (Å²) in [5.74, 6) is 2.48. The van der Waals surface area contributed by atoms with Crippen LogP contribution in [0.25, 0.3) is 21.8 Å². The van der Waals surface area contributed by atoms with Crippen molar-refractivity contribution in [2.45, 2.75) is 13.1 Å². The molecule has 0 bridgehead atoms. The summed E-state index contributed by atoms with van der Waals surface area (Å²) in [6.45, 7) is 10.4. The minimum Gasteiger partial charge on any atom is -0.497 e. The molecule has 6 aromatic rings. The van der Waals surface area contributed by atoms with E-state index in [1.165, 1.54) is 44.3 Å². The maximum absolute atomic E-state index is 5.43. The van der Waals surface area contributed by atoms with Crippen molar-refractivity contribution < 1.29 is 14.2 Å². The van der Waals surface area contributed by atoms with Crippen molar-refractivity contribution >= 4 is 33.2 Å². The Balaban J connectivity index is 0.000000157. The van der Waals surface area contributed by atoms with E-state index in [1.54, 1.807) is 21.3 Å². The molecule has 2 aliphatic rings. The summed E-state index contributed by atoms with van der Waals surface area (Å²) in [5, 5.41) is 2.58. The highest BCUT2D eigenvalue weighted by atomic mass is 16.5. The molecule has 9 heteroatoms. The molecule has 0 spiro atoms. The molecule has 2 fully saturated rings. The Morgan fingerprint density at radius 2 is 1.04 bits per heavy atom. The average molecular weight is 673 g/mol. The molecule has 0 aliphatic carbocycles. The number of H-pyrrole nitrogens is 2. The molecule has 2 aromatic heterocycles. The third kappa shape index (κ3) is 7.85. The van der Waals surface area contributed by atoms with Gasteiger partial charge in [0.25, 0.3) is 0 Å². The Hall–Kier alpha value is -5.12. The zero-order valence-electron chi connectivity index (χ0n) is 29.4. The second-order valence-corrected chi connectivity index (χ2v) is 13.1. The third-order valence-corrected chi connectivity index (χ3v) is 9.94. The number of ether oxygens (including phenoxy) is 3. The van der Waals surface area contributed by atoms with E-state index in [9.17, 15) is 0 Å². The van der Waals surface area contributed by atoms with Crippen LogP contribution in [0, 0.1) is 0 Å². The number of anilines is 2. The lowest BCUT2D eigenvalue weighted by molar-refractivity contribution is 0.250. The van der Waals surface area contributed by atoms with Crippen LogP contribution in [0.4, 0.5) is 11.4 Å². The smallest absolute Gasteiger partial charge is 0.162 e. The van der Waals surface area contributed by atoms with E-state index >= 15 is 0 Å². The Labute approximate surface area is 295 Å². The summed E-state index contributed by atoms with van der Waals surface area (Å²) in [7, 11) is 5.07. The highest BCUT2D eigenvalue weighted by Crippen LogP contribution is 2.32. The molecule has 0 amide bonds. The van der Waals surface area contributed by atoms with Crippen LogP contribution < -0.4 is 24.0 Å². The highest BCUT2D eigenvalue weighted by molar-refractivity contribution is 5.80. The number of hydrogen-bond donors (Lipinski definition) is 2. The first-order valence-electron chi connectivity index (χ1n) is 17.5. The number of nitrogens with zero attached hydrogens (tertiary/aromatic N) is 4. The second kappa shape index (κ2) is 15.6. The number of benzene rings is 4. The van der Waals surface area contributed by atoms with Crippen molar-refractivity contribution in [3.8, 4) is 17.2 Å². The molecule has 50 heavy (non-hydrogen) atoms. The first-order valence-corrected chi connectivity index (χ1v) is 17.5.